The van der Waals surface area contributed by atoms with Gasteiger partial charge >= 0.3 is 0 Å². The molecule has 2 atom stereocenters. The first-order valence-corrected chi connectivity index (χ1v) is 7.33. The third kappa shape index (κ3) is 5.21. The van der Waals surface area contributed by atoms with Gasteiger partial charge < -0.3 is 15.2 Å². The summed E-state index contributed by atoms with van der Waals surface area (Å²) in [7, 11) is 0. The Morgan fingerprint density at radius 1 is 1.47 bits per heavy atom. The van der Waals surface area contributed by atoms with Gasteiger partial charge in [0.15, 0.2) is 0 Å². The van der Waals surface area contributed by atoms with E-state index in [2.05, 4.69) is 12.1 Å². The molecule has 2 rings (SSSR count). The van der Waals surface area contributed by atoms with Crippen molar-refractivity contribution in [3.05, 3.63) is 29.8 Å². The summed E-state index contributed by atoms with van der Waals surface area (Å²) in [6.07, 6.45) is 5.96. The van der Waals surface area contributed by atoms with Crippen LogP contribution in [0.3, 0.4) is 0 Å². The average molecular weight is 263 g/mol. The number of benzene rings is 1. The number of hydrogen-bond donors (Lipinski definition) is 1. The summed E-state index contributed by atoms with van der Waals surface area (Å²) in [5.74, 6) is 0.950. The molecule has 1 fully saturated rings. The molecule has 1 aromatic rings. The Morgan fingerprint density at radius 3 is 3.11 bits per heavy atom. The molecule has 106 valence electrons. The van der Waals surface area contributed by atoms with Gasteiger partial charge in [0.25, 0.3) is 0 Å². The lowest BCUT2D eigenvalue weighted by molar-refractivity contribution is 0.0981. The van der Waals surface area contributed by atoms with Crippen molar-refractivity contribution in [2.45, 2.75) is 51.2 Å². The fraction of sp³-hybridized carbons (Fsp3) is 0.625. The summed E-state index contributed by atoms with van der Waals surface area (Å²) in [6.45, 7) is 3.72. The molecule has 0 spiro atoms. The van der Waals surface area contributed by atoms with Crippen LogP contribution < -0.4 is 10.5 Å². The Balaban J connectivity index is 1.69. The summed E-state index contributed by atoms with van der Waals surface area (Å²) in [4.78, 5) is 0. The van der Waals surface area contributed by atoms with Gasteiger partial charge in [0, 0.05) is 12.6 Å². The quantitative estimate of drug-likeness (QED) is 0.769. The molecule has 0 bridgehead atoms. The van der Waals surface area contributed by atoms with Gasteiger partial charge in [-0.15, -0.1) is 0 Å². The van der Waals surface area contributed by atoms with Crippen LogP contribution >= 0.6 is 0 Å². The van der Waals surface area contributed by atoms with E-state index in [4.69, 9.17) is 15.2 Å². The van der Waals surface area contributed by atoms with Crippen molar-refractivity contribution in [3.63, 3.8) is 0 Å². The fourth-order valence-electron chi connectivity index (χ4n) is 2.51. The molecule has 0 aliphatic carbocycles. The van der Waals surface area contributed by atoms with E-state index in [0.29, 0.717) is 6.10 Å². The van der Waals surface area contributed by atoms with E-state index in [9.17, 15) is 0 Å². The van der Waals surface area contributed by atoms with Crippen LogP contribution in [0.2, 0.25) is 0 Å². The molecule has 0 saturated carbocycles. The molecule has 0 aromatic heterocycles. The van der Waals surface area contributed by atoms with Crippen LogP contribution in [0.5, 0.6) is 5.75 Å². The minimum atomic E-state index is 0.190. The number of ether oxygens (including phenoxy) is 2. The molecule has 1 aromatic carbocycles. The molecule has 2 unspecified atom stereocenters. The Bertz CT molecular complexity index is 373. The average Bonchev–Trinajstić information content (AvgIpc) is 2.87. The third-order valence-electron chi connectivity index (χ3n) is 3.42. The summed E-state index contributed by atoms with van der Waals surface area (Å²) < 4.78 is 11.4. The molecule has 3 heteroatoms. The second-order valence-electron chi connectivity index (χ2n) is 5.45. The number of rotatable bonds is 7. The SMILES string of the molecule is CC(N)Cc1cccc(OCCCC2CCCO2)c1. The highest BCUT2D eigenvalue weighted by atomic mass is 16.5. The fourth-order valence-corrected chi connectivity index (χ4v) is 2.51. The molecule has 1 saturated heterocycles. The van der Waals surface area contributed by atoms with E-state index in [1.807, 2.05) is 19.1 Å². The van der Waals surface area contributed by atoms with Crippen LogP contribution in [0, 0.1) is 0 Å². The smallest absolute Gasteiger partial charge is 0.119 e. The monoisotopic (exact) mass is 263 g/mol. The van der Waals surface area contributed by atoms with Crippen molar-refractivity contribution >= 4 is 0 Å². The highest BCUT2D eigenvalue weighted by molar-refractivity contribution is 5.28. The highest BCUT2D eigenvalue weighted by Gasteiger charge is 2.14. The van der Waals surface area contributed by atoms with Crippen LogP contribution in [0.1, 0.15) is 38.2 Å². The molecule has 0 radical (unpaired) electrons. The van der Waals surface area contributed by atoms with Gasteiger partial charge in [-0.1, -0.05) is 12.1 Å². The van der Waals surface area contributed by atoms with Crippen LogP contribution in [-0.4, -0.2) is 25.4 Å². The van der Waals surface area contributed by atoms with Crippen molar-refractivity contribution in [3.8, 4) is 5.75 Å². The molecular formula is C16H25NO2. The van der Waals surface area contributed by atoms with Gasteiger partial charge in [0.1, 0.15) is 5.75 Å². The van der Waals surface area contributed by atoms with Crippen LogP contribution in [0.15, 0.2) is 24.3 Å². The van der Waals surface area contributed by atoms with E-state index in [0.717, 1.165) is 38.2 Å². The zero-order chi connectivity index (χ0) is 13.5. The minimum absolute atomic E-state index is 0.190. The van der Waals surface area contributed by atoms with Crippen molar-refractivity contribution in [1.82, 2.24) is 0 Å². The van der Waals surface area contributed by atoms with E-state index >= 15 is 0 Å². The normalized spacial score (nSPS) is 20.4. The molecule has 2 N–H and O–H groups in total. The Morgan fingerprint density at radius 2 is 2.37 bits per heavy atom. The van der Waals surface area contributed by atoms with Gasteiger partial charge in [-0.05, 0) is 56.7 Å². The first-order valence-electron chi connectivity index (χ1n) is 7.33. The van der Waals surface area contributed by atoms with Crippen LogP contribution in [0.4, 0.5) is 0 Å². The maximum atomic E-state index is 5.81. The van der Waals surface area contributed by atoms with Gasteiger partial charge in [-0.3, -0.25) is 0 Å². The van der Waals surface area contributed by atoms with Crippen molar-refractivity contribution in [1.29, 1.82) is 0 Å². The first kappa shape index (κ1) is 14.4. The summed E-state index contributed by atoms with van der Waals surface area (Å²) in [6, 6.07) is 8.43. The molecule has 1 aliphatic rings. The van der Waals surface area contributed by atoms with E-state index < -0.39 is 0 Å². The number of hydrogen-bond acceptors (Lipinski definition) is 3. The van der Waals surface area contributed by atoms with E-state index in [-0.39, 0.29) is 6.04 Å². The molecule has 1 heterocycles. The largest absolute Gasteiger partial charge is 0.494 e. The Hall–Kier alpha value is -1.06. The highest BCUT2D eigenvalue weighted by Crippen LogP contribution is 2.18. The standard InChI is InChI=1S/C16H25NO2/c1-13(17)11-14-5-2-6-16(12-14)19-10-4-8-15-7-3-9-18-15/h2,5-6,12-13,15H,3-4,7-11,17H2,1H3. The van der Waals surface area contributed by atoms with Crippen molar-refractivity contribution < 1.29 is 9.47 Å². The molecule has 3 nitrogen and oxygen atoms in total. The maximum Gasteiger partial charge on any atom is 0.119 e. The van der Waals surface area contributed by atoms with Crippen molar-refractivity contribution in [2.24, 2.45) is 5.73 Å². The predicted molar refractivity (Wildman–Crippen MR) is 77.5 cm³/mol. The van der Waals surface area contributed by atoms with Gasteiger partial charge in [-0.2, -0.15) is 0 Å². The first-order chi connectivity index (χ1) is 9.24. The van der Waals surface area contributed by atoms with Crippen LogP contribution in [-0.2, 0) is 11.2 Å². The zero-order valence-electron chi connectivity index (χ0n) is 11.8. The summed E-state index contributed by atoms with van der Waals surface area (Å²) >= 11 is 0. The van der Waals surface area contributed by atoms with Gasteiger partial charge in [-0.25, -0.2) is 0 Å². The van der Waals surface area contributed by atoms with E-state index in [1.54, 1.807) is 0 Å². The summed E-state index contributed by atoms with van der Waals surface area (Å²) in [5, 5.41) is 0. The Kier molecular flexibility index (Phi) is 5.67. The van der Waals surface area contributed by atoms with Crippen molar-refractivity contribution in [2.75, 3.05) is 13.2 Å². The third-order valence-corrected chi connectivity index (χ3v) is 3.42. The van der Waals surface area contributed by atoms with Gasteiger partial charge in [0.2, 0.25) is 0 Å². The lowest BCUT2D eigenvalue weighted by atomic mass is 10.1. The second-order valence-corrected chi connectivity index (χ2v) is 5.45. The molecule has 19 heavy (non-hydrogen) atoms. The predicted octanol–water partition coefficient (Wildman–Crippen LogP) is 2.91. The van der Waals surface area contributed by atoms with Crippen LogP contribution in [0.25, 0.3) is 0 Å². The topological polar surface area (TPSA) is 44.5 Å². The molecule has 0 amide bonds. The number of nitrogens with two attached hydrogens (primary N) is 1. The van der Waals surface area contributed by atoms with E-state index in [1.165, 1.54) is 18.4 Å². The second kappa shape index (κ2) is 7.51. The van der Waals surface area contributed by atoms with Gasteiger partial charge in [0.05, 0.1) is 12.7 Å². The summed E-state index contributed by atoms with van der Waals surface area (Å²) in [5.41, 5.74) is 7.05. The Labute approximate surface area is 116 Å². The minimum Gasteiger partial charge on any atom is -0.494 e. The molecular weight excluding hydrogens is 238 g/mol. The maximum absolute atomic E-state index is 5.81. The zero-order valence-corrected chi connectivity index (χ0v) is 11.8. The molecule has 1 aliphatic heterocycles. The lowest BCUT2D eigenvalue weighted by Gasteiger charge is -2.11. The lowest BCUT2D eigenvalue weighted by Crippen LogP contribution is -2.17.